The average molecular weight is 457 g/mol. The van der Waals surface area contributed by atoms with Gasteiger partial charge in [0, 0.05) is 12.1 Å². The first-order valence-corrected chi connectivity index (χ1v) is 10.6. The summed E-state index contributed by atoms with van der Waals surface area (Å²) in [5.41, 5.74) is 0.535. The van der Waals surface area contributed by atoms with E-state index >= 15 is 0 Å². The molecule has 9 heteroatoms. The lowest BCUT2D eigenvalue weighted by Crippen LogP contribution is -2.54. The number of benzene rings is 3. The quantitative estimate of drug-likeness (QED) is 0.581. The van der Waals surface area contributed by atoms with Gasteiger partial charge in [-0.05, 0) is 53.6 Å². The highest BCUT2D eigenvalue weighted by Gasteiger charge is 2.46. The highest BCUT2D eigenvalue weighted by atomic mass is 16.5. The smallest absolute Gasteiger partial charge is 0.263 e. The molecule has 2 aliphatic heterocycles. The van der Waals surface area contributed by atoms with Gasteiger partial charge in [-0.15, -0.1) is 0 Å². The summed E-state index contributed by atoms with van der Waals surface area (Å²) in [7, 11) is 1.58. The van der Waals surface area contributed by atoms with Crippen LogP contribution in [0.1, 0.15) is 43.9 Å². The van der Waals surface area contributed by atoms with Gasteiger partial charge < -0.3 is 10.1 Å². The molecular weight excluding hydrogens is 438 g/mol. The third-order valence-corrected chi connectivity index (χ3v) is 6.02. The second kappa shape index (κ2) is 8.11. The molecule has 0 bridgehead atoms. The van der Waals surface area contributed by atoms with Crippen LogP contribution in [0.5, 0.6) is 5.75 Å². The number of rotatable bonds is 4. The Morgan fingerprint density at radius 2 is 1.76 bits per heavy atom. The number of carbonyl (C=O) groups excluding carboxylic acids is 5. The zero-order valence-electron chi connectivity index (χ0n) is 18.1. The lowest BCUT2D eigenvalue weighted by molar-refractivity contribution is -0.136. The number of hydrogen-bond acceptors (Lipinski definition) is 6. The van der Waals surface area contributed by atoms with Crippen LogP contribution in [0, 0.1) is 0 Å². The van der Waals surface area contributed by atoms with Gasteiger partial charge in [0.25, 0.3) is 17.7 Å². The third kappa shape index (κ3) is 3.47. The Kier molecular flexibility index (Phi) is 5.09. The Hall–Kier alpha value is -4.53. The third-order valence-electron chi connectivity index (χ3n) is 6.02. The largest absolute Gasteiger partial charge is 0.497 e. The van der Waals surface area contributed by atoms with Crippen molar-refractivity contribution in [2.75, 3.05) is 12.4 Å². The summed E-state index contributed by atoms with van der Waals surface area (Å²) in [5.74, 6) is -2.39. The van der Waals surface area contributed by atoms with E-state index in [4.69, 9.17) is 4.74 Å². The topological polar surface area (TPSA) is 122 Å². The first kappa shape index (κ1) is 21.3. The number of ether oxygens (including phenoxy) is 1. The summed E-state index contributed by atoms with van der Waals surface area (Å²) < 4.78 is 5.23. The van der Waals surface area contributed by atoms with Crippen molar-refractivity contribution in [1.29, 1.82) is 0 Å². The Balaban J connectivity index is 1.44. The highest BCUT2D eigenvalue weighted by molar-refractivity contribution is 6.27. The molecule has 0 aromatic heterocycles. The molecule has 0 spiro atoms. The number of hydrogen-bond donors (Lipinski definition) is 2. The number of methoxy groups -OCH3 is 1. The van der Waals surface area contributed by atoms with E-state index in [1.54, 1.807) is 19.2 Å². The fraction of sp³-hybridized carbons (Fsp3) is 0.160. The fourth-order valence-corrected chi connectivity index (χ4v) is 4.33. The van der Waals surface area contributed by atoms with Crippen molar-refractivity contribution in [2.24, 2.45) is 0 Å². The second-order valence-corrected chi connectivity index (χ2v) is 8.06. The van der Waals surface area contributed by atoms with Crippen LogP contribution in [-0.2, 0) is 9.59 Å². The molecule has 0 radical (unpaired) electrons. The first-order chi connectivity index (χ1) is 16.4. The minimum atomic E-state index is -1.10. The van der Waals surface area contributed by atoms with Gasteiger partial charge in [0.1, 0.15) is 11.8 Å². The van der Waals surface area contributed by atoms with E-state index in [0.29, 0.717) is 11.4 Å². The monoisotopic (exact) mass is 457 g/mol. The maximum absolute atomic E-state index is 13.2. The van der Waals surface area contributed by atoms with Gasteiger partial charge in [0.15, 0.2) is 0 Å². The van der Waals surface area contributed by atoms with Crippen LogP contribution in [0.4, 0.5) is 5.69 Å². The molecule has 3 aromatic rings. The molecule has 1 atom stereocenters. The second-order valence-electron chi connectivity index (χ2n) is 8.06. The number of piperidine rings is 1. The van der Waals surface area contributed by atoms with E-state index in [0.717, 1.165) is 15.7 Å². The number of nitrogens with zero attached hydrogens (tertiary/aromatic N) is 1. The van der Waals surface area contributed by atoms with Crippen molar-refractivity contribution >= 4 is 46.0 Å². The molecule has 5 rings (SSSR count). The minimum absolute atomic E-state index is 0.0188. The average Bonchev–Trinajstić information content (AvgIpc) is 3.09. The number of nitrogens with one attached hydrogen (secondary N) is 2. The van der Waals surface area contributed by atoms with Crippen molar-refractivity contribution in [3.05, 3.63) is 71.3 Å². The van der Waals surface area contributed by atoms with Gasteiger partial charge in [-0.25, -0.2) is 0 Å². The van der Waals surface area contributed by atoms with Gasteiger partial charge in [-0.1, -0.05) is 18.2 Å². The fourth-order valence-electron chi connectivity index (χ4n) is 4.33. The van der Waals surface area contributed by atoms with Crippen LogP contribution in [0.25, 0.3) is 10.8 Å². The predicted molar refractivity (Wildman–Crippen MR) is 122 cm³/mol. The lowest BCUT2D eigenvalue weighted by atomic mass is 10.0. The van der Waals surface area contributed by atoms with E-state index in [1.807, 2.05) is 24.3 Å². The van der Waals surface area contributed by atoms with E-state index < -0.39 is 35.6 Å². The van der Waals surface area contributed by atoms with Gasteiger partial charge in [0.05, 0.1) is 23.8 Å². The van der Waals surface area contributed by atoms with Crippen LogP contribution in [0.2, 0.25) is 0 Å². The number of fused-ring (bicyclic) bond motifs is 2. The minimum Gasteiger partial charge on any atom is -0.497 e. The maximum atomic E-state index is 13.2. The van der Waals surface area contributed by atoms with Crippen LogP contribution in [-0.4, -0.2) is 47.6 Å². The molecule has 2 aliphatic rings. The van der Waals surface area contributed by atoms with E-state index in [2.05, 4.69) is 10.6 Å². The maximum Gasteiger partial charge on any atom is 0.263 e. The van der Waals surface area contributed by atoms with E-state index in [-0.39, 0.29) is 29.5 Å². The van der Waals surface area contributed by atoms with Gasteiger partial charge >= 0.3 is 0 Å². The Bertz CT molecular complexity index is 1410. The zero-order chi connectivity index (χ0) is 24.0. The van der Waals surface area contributed by atoms with Gasteiger partial charge in [0.2, 0.25) is 11.8 Å². The molecule has 170 valence electrons. The number of carbonyl (C=O) groups is 5. The molecule has 1 fully saturated rings. The van der Waals surface area contributed by atoms with Crippen LogP contribution in [0.3, 0.4) is 0 Å². The molecule has 2 heterocycles. The molecule has 1 saturated heterocycles. The Morgan fingerprint density at radius 3 is 2.53 bits per heavy atom. The van der Waals surface area contributed by atoms with Crippen molar-refractivity contribution in [3.8, 4) is 5.75 Å². The summed E-state index contributed by atoms with van der Waals surface area (Å²) in [6.07, 6.45) is 0.0601. The Morgan fingerprint density at radius 1 is 1.00 bits per heavy atom. The zero-order valence-corrected chi connectivity index (χ0v) is 18.1. The molecule has 3 aromatic carbocycles. The summed E-state index contributed by atoms with van der Waals surface area (Å²) >= 11 is 0. The number of anilines is 1. The van der Waals surface area contributed by atoms with Gasteiger partial charge in [-0.3, -0.25) is 34.2 Å². The molecular formula is C25H19N3O6. The van der Waals surface area contributed by atoms with Crippen molar-refractivity contribution in [1.82, 2.24) is 10.2 Å². The molecule has 0 saturated carbocycles. The predicted octanol–water partition coefficient (Wildman–Crippen LogP) is 2.50. The number of amides is 5. The highest BCUT2D eigenvalue weighted by Crippen LogP contribution is 2.31. The van der Waals surface area contributed by atoms with Crippen LogP contribution in [0.15, 0.2) is 54.6 Å². The lowest BCUT2D eigenvalue weighted by Gasteiger charge is -2.27. The van der Waals surface area contributed by atoms with E-state index in [9.17, 15) is 24.0 Å². The van der Waals surface area contributed by atoms with Crippen LogP contribution < -0.4 is 15.4 Å². The number of imide groups is 2. The SMILES string of the molecule is COc1ccc2cc(NC(=O)c3cccc4c3C(=O)N(C3CCC(=O)NC3=O)C4=O)ccc2c1. The van der Waals surface area contributed by atoms with Crippen molar-refractivity contribution in [3.63, 3.8) is 0 Å². The summed E-state index contributed by atoms with van der Waals surface area (Å²) in [4.78, 5) is 63.9. The molecule has 0 aliphatic carbocycles. The summed E-state index contributed by atoms with van der Waals surface area (Å²) in [6.45, 7) is 0. The molecule has 1 unspecified atom stereocenters. The van der Waals surface area contributed by atoms with Crippen LogP contribution >= 0.6 is 0 Å². The molecule has 2 N–H and O–H groups in total. The Labute approximate surface area is 193 Å². The van der Waals surface area contributed by atoms with Crippen molar-refractivity contribution < 1.29 is 28.7 Å². The molecule has 9 nitrogen and oxygen atoms in total. The van der Waals surface area contributed by atoms with Crippen molar-refractivity contribution in [2.45, 2.75) is 18.9 Å². The first-order valence-electron chi connectivity index (χ1n) is 10.6. The summed E-state index contributed by atoms with van der Waals surface area (Å²) in [6, 6.07) is 14.2. The normalized spacial score (nSPS) is 17.6. The summed E-state index contributed by atoms with van der Waals surface area (Å²) in [5, 5.41) is 6.74. The molecule has 34 heavy (non-hydrogen) atoms. The van der Waals surface area contributed by atoms with E-state index in [1.165, 1.54) is 18.2 Å². The molecule has 5 amide bonds. The standard InChI is InChI=1S/C25H19N3O6/c1-34-16-8-6-13-11-15(7-5-14(13)12-16)26-22(30)17-3-2-4-18-21(17)25(33)28(24(18)32)19-9-10-20(29)27-23(19)31/h2-8,11-12,19H,9-10H2,1H3,(H,26,30)(H,27,29,31). The van der Waals surface area contributed by atoms with Gasteiger partial charge in [-0.2, -0.15) is 0 Å².